The topological polar surface area (TPSA) is 148 Å². The number of benzene rings is 2. The fourth-order valence-corrected chi connectivity index (χ4v) is 3.11. The summed E-state index contributed by atoms with van der Waals surface area (Å²) in [6.07, 6.45) is -2.64. The van der Waals surface area contributed by atoms with Crippen molar-refractivity contribution >= 4 is 35.4 Å². The van der Waals surface area contributed by atoms with Gasteiger partial charge in [-0.15, -0.1) is 12.4 Å². The van der Waals surface area contributed by atoms with Crippen molar-refractivity contribution < 1.29 is 25.0 Å². The molecule has 2 atom stereocenters. The van der Waals surface area contributed by atoms with Gasteiger partial charge in [-0.2, -0.15) is 0 Å². The summed E-state index contributed by atoms with van der Waals surface area (Å²) in [5.74, 6) is -1.03. The van der Waals surface area contributed by atoms with Crippen LogP contribution < -0.4 is 10.6 Å². The van der Waals surface area contributed by atoms with E-state index in [1.807, 2.05) is 30.3 Å². The molecule has 29 heavy (non-hydrogen) atoms. The average Bonchev–Trinajstić information content (AvgIpc) is 2.63. The Kier molecular flexibility index (Phi) is 7.35. The van der Waals surface area contributed by atoms with E-state index in [0.717, 1.165) is 5.56 Å². The van der Waals surface area contributed by atoms with E-state index in [9.17, 15) is 30.2 Å². The number of carbonyl (C=O) groups is 1. The Balaban J connectivity index is 0.00000300. The normalized spacial score (nSPS) is 17.5. The summed E-state index contributed by atoms with van der Waals surface area (Å²) in [6.45, 7) is 0.136. The Morgan fingerprint density at radius 2 is 1.76 bits per heavy atom. The van der Waals surface area contributed by atoms with Crippen molar-refractivity contribution in [3.8, 4) is 0 Å². The third-order valence-electron chi connectivity index (χ3n) is 4.31. The van der Waals surface area contributed by atoms with Gasteiger partial charge >= 0.3 is 5.97 Å². The van der Waals surface area contributed by atoms with Crippen molar-refractivity contribution in [1.82, 2.24) is 4.90 Å². The third-order valence-corrected chi connectivity index (χ3v) is 4.31. The van der Waals surface area contributed by atoms with Crippen LogP contribution in [-0.4, -0.2) is 50.1 Å². The van der Waals surface area contributed by atoms with Crippen LogP contribution >= 0.6 is 12.4 Å². The van der Waals surface area contributed by atoms with Gasteiger partial charge in [0.05, 0.1) is 22.8 Å². The van der Waals surface area contributed by atoms with Crippen molar-refractivity contribution in [2.75, 3.05) is 17.2 Å². The maximum Gasteiger partial charge on any atom is 0.317 e. The molecule has 0 spiro atoms. The fourth-order valence-electron chi connectivity index (χ4n) is 3.11. The summed E-state index contributed by atoms with van der Waals surface area (Å²) in [5.41, 5.74) is 1.76. The molecule has 156 valence electrons. The van der Waals surface area contributed by atoms with Gasteiger partial charge in [-0.1, -0.05) is 30.3 Å². The van der Waals surface area contributed by atoms with Crippen molar-refractivity contribution in [1.29, 1.82) is 0 Å². The number of nitro groups is 1. The second-order valence-electron chi connectivity index (χ2n) is 6.49. The summed E-state index contributed by atoms with van der Waals surface area (Å²) in [4.78, 5) is 23.6. The molecule has 1 heterocycles. The Bertz CT molecular complexity index is 882. The van der Waals surface area contributed by atoms with E-state index in [1.54, 1.807) is 4.90 Å². The summed E-state index contributed by atoms with van der Waals surface area (Å²) < 4.78 is 0. The first kappa shape index (κ1) is 22.4. The molecule has 0 saturated heterocycles. The summed E-state index contributed by atoms with van der Waals surface area (Å²) in [7, 11) is 0. The number of hydrogen-bond acceptors (Lipinski definition) is 8. The van der Waals surface area contributed by atoms with E-state index in [0.29, 0.717) is 17.8 Å². The molecule has 11 heteroatoms. The molecule has 0 saturated carbocycles. The third kappa shape index (κ3) is 5.55. The van der Waals surface area contributed by atoms with Gasteiger partial charge < -0.3 is 26.0 Å². The van der Waals surface area contributed by atoms with Gasteiger partial charge in [-0.05, 0) is 11.1 Å². The number of fused-ring (bicyclic) bond motifs is 1. The number of carboxylic acid groups (broad SMARTS) is 1. The van der Waals surface area contributed by atoms with Gasteiger partial charge in [-0.3, -0.25) is 19.8 Å². The molecular weight excluding hydrogens is 404 g/mol. The first-order chi connectivity index (χ1) is 13.3. The van der Waals surface area contributed by atoms with Crippen molar-refractivity contribution in [2.45, 2.75) is 25.5 Å². The van der Waals surface area contributed by atoms with Crippen molar-refractivity contribution in [3.05, 3.63) is 63.7 Å². The largest absolute Gasteiger partial charge is 0.480 e. The number of hydrogen-bond donors (Lipinski definition) is 5. The molecule has 2 aromatic rings. The van der Waals surface area contributed by atoms with Gasteiger partial charge in [0, 0.05) is 25.2 Å². The SMILES string of the molecule is Cl.O=C(O)CN(Cc1ccccc1)Cc1cc([N+](=O)[O-])cc2c1NC(O)C(O)N2. The molecule has 1 aliphatic rings. The minimum Gasteiger partial charge on any atom is -0.480 e. The van der Waals surface area contributed by atoms with Crippen LogP contribution in [0.4, 0.5) is 17.1 Å². The molecule has 0 radical (unpaired) electrons. The average molecular weight is 425 g/mol. The number of aliphatic hydroxyl groups excluding tert-OH is 2. The van der Waals surface area contributed by atoms with Crippen LogP contribution in [0.5, 0.6) is 0 Å². The van der Waals surface area contributed by atoms with Gasteiger partial charge in [0.25, 0.3) is 5.69 Å². The second kappa shape index (κ2) is 9.52. The van der Waals surface area contributed by atoms with E-state index in [-0.39, 0.29) is 36.9 Å². The lowest BCUT2D eigenvalue weighted by Crippen LogP contribution is -2.43. The van der Waals surface area contributed by atoms with Crippen molar-refractivity contribution in [3.63, 3.8) is 0 Å². The standard InChI is InChI=1S/C18H20N4O6.ClH/c23-15(24)10-21(8-11-4-2-1-3-5-11)9-12-6-13(22(27)28)7-14-16(12)20-18(26)17(25)19-14;/h1-7,17-20,25-26H,8-10H2,(H,23,24);1H. The number of aliphatic hydroxyl groups is 2. The van der Waals surface area contributed by atoms with E-state index in [1.165, 1.54) is 12.1 Å². The number of nitrogens with zero attached hydrogens (tertiary/aromatic N) is 2. The van der Waals surface area contributed by atoms with Crippen LogP contribution in [0.2, 0.25) is 0 Å². The number of carboxylic acids is 1. The zero-order valence-corrected chi connectivity index (χ0v) is 16.0. The Morgan fingerprint density at radius 1 is 1.10 bits per heavy atom. The highest BCUT2D eigenvalue weighted by Gasteiger charge is 2.28. The quantitative estimate of drug-likeness (QED) is 0.330. The monoisotopic (exact) mass is 424 g/mol. The highest BCUT2D eigenvalue weighted by Crippen LogP contribution is 2.36. The van der Waals surface area contributed by atoms with E-state index >= 15 is 0 Å². The molecule has 5 N–H and O–H groups in total. The highest BCUT2D eigenvalue weighted by molar-refractivity contribution is 5.85. The number of rotatable bonds is 7. The lowest BCUT2D eigenvalue weighted by Gasteiger charge is -2.32. The zero-order chi connectivity index (χ0) is 20.3. The highest BCUT2D eigenvalue weighted by atomic mass is 35.5. The number of aliphatic carboxylic acids is 1. The molecule has 3 rings (SSSR count). The Morgan fingerprint density at radius 3 is 2.38 bits per heavy atom. The summed E-state index contributed by atoms with van der Waals surface area (Å²) in [5, 5.41) is 45.5. The van der Waals surface area contributed by atoms with Crippen molar-refractivity contribution in [2.24, 2.45) is 0 Å². The molecule has 0 aliphatic carbocycles. The fraction of sp³-hybridized carbons (Fsp3) is 0.278. The molecule has 0 amide bonds. The molecule has 0 aromatic heterocycles. The first-order valence-corrected chi connectivity index (χ1v) is 8.52. The number of anilines is 2. The zero-order valence-electron chi connectivity index (χ0n) is 15.2. The Labute approximate surface area is 172 Å². The van der Waals surface area contributed by atoms with E-state index in [2.05, 4.69) is 10.6 Å². The minimum absolute atomic E-state index is 0. The smallest absolute Gasteiger partial charge is 0.317 e. The summed E-state index contributed by atoms with van der Waals surface area (Å²) in [6, 6.07) is 11.8. The van der Waals surface area contributed by atoms with E-state index in [4.69, 9.17) is 0 Å². The van der Waals surface area contributed by atoms with Crippen LogP contribution in [0.25, 0.3) is 0 Å². The molecule has 2 unspecified atom stereocenters. The molecule has 1 aliphatic heterocycles. The van der Waals surface area contributed by atoms with Crippen LogP contribution in [-0.2, 0) is 17.9 Å². The molecule has 0 bridgehead atoms. The minimum atomic E-state index is -1.33. The Hall–Kier alpha value is -2.92. The van der Waals surface area contributed by atoms with Crippen LogP contribution in [0.3, 0.4) is 0 Å². The van der Waals surface area contributed by atoms with Gasteiger partial charge in [0.2, 0.25) is 0 Å². The second-order valence-corrected chi connectivity index (χ2v) is 6.49. The lowest BCUT2D eigenvalue weighted by molar-refractivity contribution is -0.384. The molecule has 2 aromatic carbocycles. The maximum absolute atomic E-state index is 11.3. The maximum atomic E-state index is 11.3. The number of non-ortho nitro benzene ring substituents is 1. The van der Waals surface area contributed by atoms with Crippen LogP contribution in [0.1, 0.15) is 11.1 Å². The van der Waals surface area contributed by atoms with Crippen LogP contribution in [0.15, 0.2) is 42.5 Å². The van der Waals surface area contributed by atoms with Gasteiger partial charge in [-0.25, -0.2) is 0 Å². The predicted molar refractivity (Wildman–Crippen MR) is 108 cm³/mol. The number of nitro benzene ring substituents is 1. The van der Waals surface area contributed by atoms with Gasteiger partial charge in [0.1, 0.15) is 0 Å². The first-order valence-electron chi connectivity index (χ1n) is 8.52. The number of nitrogens with one attached hydrogen (secondary N) is 2. The summed E-state index contributed by atoms with van der Waals surface area (Å²) >= 11 is 0. The van der Waals surface area contributed by atoms with Gasteiger partial charge in [0.15, 0.2) is 12.5 Å². The number of halogens is 1. The lowest BCUT2D eigenvalue weighted by atomic mass is 10.1. The molecular formula is C18H21ClN4O6. The molecule has 10 nitrogen and oxygen atoms in total. The molecule has 0 fully saturated rings. The van der Waals surface area contributed by atoms with E-state index < -0.39 is 23.3 Å². The predicted octanol–water partition coefficient (Wildman–Crippen LogP) is 1.58. The van der Waals surface area contributed by atoms with Crippen LogP contribution in [0, 0.1) is 10.1 Å².